The lowest BCUT2D eigenvalue weighted by Gasteiger charge is -2.26. The van der Waals surface area contributed by atoms with E-state index < -0.39 is 0 Å². The summed E-state index contributed by atoms with van der Waals surface area (Å²) in [5.41, 5.74) is 3.09. The number of fused-ring (bicyclic) bond motifs is 1. The summed E-state index contributed by atoms with van der Waals surface area (Å²) >= 11 is 0. The third-order valence-electron chi connectivity index (χ3n) is 5.41. The van der Waals surface area contributed by atoms with Crippen LogP contribution in [0.2, 0.25) is 0 Å². The minimum atomic E-state index is -0.272. The molecule has 5 nitrogen and oxygen atoms in total. The summed E-state index contributed by atoms with van der Waals surface area (Å²) in [6, 6.07) is 0.106. The molecule has 128 valence electrons. The second-order valence-electron chi connectivity index (χ2n) is 6.79. The molecule has 2 aromatic rings. The zero-order chi connectivity index (χ0) is 16.7. The van der Waals surface area contributed by atoms with Gasteiger partial charge in [0.15, 0.2) is 11.6 Å². The largest absolute Gasteiger partial charge is 0.344 e. The molecule has 1 fully saturated rings. The smallest absolute Gasteiger partial charge is 0.187 e. The lowest BCUT2D eigenvalue weighted by molar-refractivity contribution is 0.564. The first-order valence-corrected chi connectivity index (χ1v) is 9.01. The number of aryl methyl sites for hydroxylation is 2. The second kappa shape index (κ2) is 6.15. The summed E-state index contributed by atoms with van der Waals surface area (Å²) in [7, 11) is 2.11. The minimum absolute atomic E-state index is 0.106. The van der Waals surface area contributed by atoms with Gasteiger partial charge < -0.3 is 9.47 Å². The van der Waals surface area contributed by atoms with E-state index in [-0.39, 0.29) is 11.9 Å². The van der Waals surface area contributed by atoms with Gasteiger partial charge in [0.2, 0.25) is 0 Å². The van der Waals surface area contributed by atoms with Crippen LogP contribution < -0.4 is 4.90 Å². The van der Waals surface area contributed by atoms with Crippen LogP contribution in [0, 0.1) is 5.82 Å². The van der Waals surface area contributed by atoms with Crippen LogP contribution in [0.25, 0.3) is 0 Å². The molecule has 4 rings (SSSR count). The number of anilines is 1. The molecule has 0 bridgehead atoms. The molecule has 1 saturated heterocycles. The van der Waals surface area contributed by atoms with Crippen molar-refractivity contribution in [3.63, 3.8) is 0 Å². The quantitative estimate of drug-likeness (QED) is 0.868. The standard InChI is InChI=1S/C18H24FN5/c1-3-12-16(19)18(21-11-20-12)24-10-6-9-15(24)17-22-13-7-4-5-8-14(13)23(17)2/h11,15H,3-10H2,1-2H3/t15-/m0/s1. The van der Waals surface area contributed by atoms with Gasteiger partial charge in [-0.2, -0.15) is 0 Å². The van der Waals surface area contributed by atoms with E-state index in [1.54, 1.807) is 0 Å². The van der Waals surface area contributed by atoms with E-state index in [0.29, 0.717) is 17.9 Å². The molecule has 2 aromatic heterocycles. The highest BCUT2D eigenvalue weighted by atomic mass is 19.1. The number of imidazole rings is 1. The van der Waals surface area contributed by atoms with E-state index in [9.17, 15) is 4.39 Å². The molecular weight excluding hydrogens is 305 g/mol. The predicted molar refractivity (Wildman–Crippen MR) is 90.5 cm³/mol. The minimum Gasteiger partial charge on any atom is -0.344 e. The lowest BCUT2D eigenvalue weighted by Crippen LogP contribution is -2.27. The number of nitrogens with zero attached hydrogens (tertiary/aromatic N) is 5. The maximum absolute atomic E-state index is 14.7. The highest BCUT2D eigenvalue weighted by molar-refractivity contribution is 5.45. The molecule has 1 aliphatic carbocycles. The molecule has 0 saturated carbocycles. The van der Waals surface area contributed by atoms with Gasteiger partial charge in [-0.3, -0.25) is 0 Å². The normalized spacial score (nSPS) is 20.5. The Morgan fingerprint density at radius 2 is 2.04 bits per heavy atom. The summed E-state index contributed by atoms with van der Waals surface area (Å²) < 4.78 is 17.0. The van der Waals surface area contributed by atoms with Crippen LogP contribution >= 0.6 is 0 Å². The van der Waals surface area contributed by atoms with Gasteiger partial charge in [0.1, 0.15) is 12.2 Å². The lowest BCUT2D eigenvalue weighted by atomic mass is 10.0. The SMILES string of the molecule is CCc1ncnc(N2CCC[C@H]2c2nc3c(n2C)CCCC3)c1F. The summed E-state index contributed by atoms with van der Waals surface area (Å²) in [5, 5.41) is 0. The van der Waals surface area contributed by atoms with E-state index in [1.807, 2.05) is 6.92 Å². The van der Waals surface area contributed by atoms with Gasteiger partial charge in [0.25, 0.3) is 0 Å². The van der Waals surface area contributed by atoms with Crippen LogP contribution in [0.1, 0.15) is 61.6 Å². The molecule has 3 heterocycles. The number of aromatic nitrogens is 4. The van der Waals surface area contributed by atoms with Crippen LogP contribution in [-0.2, 0) is 26.3 Å². The van der Waals surface area contributed by atoms with Gasteiger partial charge in [-0.25, -0.2) is 19.3 Å². The Bertz CT molecular complexity index is 754. The summed E-state index contributed by atoms with van der Waals surface area (Å²) in [5.74, 6) is 1.23. The Hall–Kier alpha value is -1.98. The fraction of sp³-hybridized carbons (Fsp3) is 0.611. The summed E-state index contributed by atoms with van der Waals surface area (Å²) in [4.78, 5) is 15.3. The number of hydrogen-bond donors (Lipinski definition) is 0. The van der Waals surface area contributed by atoms with E-state index in [4.69, 9.17) is 4.98 Å². The van der Waals surface area contributed by atoms with Crippen molar-refractivity contribution in [3.05, 3.63) is 35.1 Å². The van der Waals surface area contributed by atoms with Crippen molar-refractivity contribution in [2.24, 2.45) is 7.05 Å². The molecule has 24 heavy (non-hydrogen) atoms. The zero-order valence-electron chi connectivity index (χ0n) is 14.4. The van der Waals surface area contributed by atoms with E-state index >= 15 is 0 Å². The molecule has 2 aliphatic rings. The summed E-state index contributed by atoms with van der Waals surface area (Å²) in [6.07, 6.45) is 8.72. The number of hydrogen-bond acceptors (Lipinski definition) is 4. The molecule has 0 unspecified atom stereocenters. The van der Waals surface area contributed by atoms with Crippen molar-refractivity contribution in [2.75, 3.05) is 11.4 Å². The van der Waals surface area contributed by atoms with Crippen molar-refractivity contribution >= 4 is 5.82 Å². The Labute approximate surface area is 141 Å². The molecular formula is C18H24FN5. The first-order valence-electron chi connectivity index (χ1n) is 9.01. The Morgan fingerprint density at radius 1 is 1.21 bits per heavy atom. The van der Waals surface area contributed by atoms with Gasteiger partial charge in [0, 0.05) is 19.3 Å². The first-order chi connectivity index (χ1) is 11.7. The van der Waals surface area contributed by atoms with E-state index in [1.165, 1.54) is 30.6 Å². The molecule has 0 spiro atoms. The van der Waals surface area contributed by atoms with Gasteiger partial charge in [0.05, 0.1) is 17.4 Å². The van der Waals surface area contributed by atoms with Crippen LogP contribution in [0.15, 0.2) is 6.33 Å². The zero-order valence-corrected chi connectivity index (χ0v) is 14.4. The van der Waals surface area contributed by atoms with Crippen molar-refractivity contribution in [2.45, 2.75) is 57.9 Å². The van der Waals surface area contributed by atoms with Gasteiger partial charge in [-0.05, 0) is 44.9 Å². The highest BCUT2D eigenvalue weighted by Gasteiger charge is 2.34. The molecule has 0 amide bonds. The Balaban J connectivity index is 1.73. The van der Waals surface area contributed by atoms with E-state index in [2.05, 4.69) is 26.5 Å². The Morgan fingerprint density at radius 3 is 2.83 bits per heavy atom. The maximum atomic E-state index is 14.7. The number of rotatable bonds is 3. The van der Waals surface area contributed by atoms with E-state index in [0.717, 1.165) is 38.1 Å². The van der Waals surface area contributed by atoms with Gasteiger partial charge in [-0.1, -0.05) is 6.92 Å². The Kier molecular flexibility index (Phi) is 3.98. The van der Waals surface area contributed by atoms with Crippen molar-refractivity contribution in [1.82, 2.24) is 19.5 Å². The monoisotopic (exact) mass is 329 g/mol. The number of halogens is 1. The molecule has 0 N–H and O–H groups in total. The third-order valence-corrected chi connectivity index (χ3v) is 5.41. The van der Waals surface area contributed by atoms with Crippen molar-refractivity contribution in [1.29, 1.82) is 0 Å². The molecule has 6 heteroatoms. The average Bonchev–Trinajstić information content (AvgIpc) is 3.20. The molecule has 1 atom stereocenters. The fourth-order valence-corrected chi connectivity index (χ4v) is 4.14. The van der Waals surface area contributed by atoms with Crippen LogP contribution in [0.5, 0.6) is 0 Å². The van der Waals surface area contributed by atoms with Crippen molar-refractivity contribution < 1.29 is 4.39 Å². The van der Waals surface area contributed by atoms with Crippen LogP contribution in [-0.4, -0.2) is 26.1 Å². The van der Waals surface area contributed by atoms with Gasteiger partial charge >= 0.3 is 0 Å². The summed E-state index contributed by atoms with van der Waals surface area (Å²) in [6.45, 7) is 2.74. The predicted octanol–water partition coefficient (Wildman–Crippen LogP) is 3.13. The van der Waals surface area contributed by atoms with Gasteiger partial charge in [-0.15, -0.1) is 0 Å². The average molecular weight is 329 g/mol. The van der Waals surface area contributed by atoms with Crippen LogP contribution in [0.4, 0.5) is 10.2 Å². The van der Waals surface area contributed by atoms with Crippen molar-refractivity contribution in [3.8, 4) is 0 Å². The molecule has 0 aromatic carbocycles. The second-order valence-corrected chi connectivity index (χ2v) is 6.79. The fourth-order valence-electron chi connectivity index (χ4n) is 4.14. The first kappa shape index (κ1) is 15.5. The maximum Gasteiger partial charge on any atom is 0.187 e. The van der Waals surface area contributed by atoms with Crippen LogP contribution in [0.3, 0.4) is 0 Å². The topological polar surface area (TPSA) is 46.8 Å². The third kappa shape index (κ3) is 2.39. The molecule has 0 radical (unpaired) electrons. The molecule has 1 aliphatic heterocycles. The highest BCUT2D eigenvalue weighted by Crippen LogP contribution is 2.37.